The van der Waals surface area contributed by atoms with E-state index in [2.05, 4.69) is 5.32 Å². The molecular formula is C12H24N2O2S. The summed E-state index contributed by atoms with van der Waals surface area (Å²) in [5, 5.41) is 2.93. The average Bonchev–Trinajstić information content (AvgIpc) is 2.84. The first-order valence-electron chi connectivity index (χ1n) is 6.76. The van der Waals surface area contributed by atoms with Gasteiger partial charge in [0, 0.05) is 20.1 Å². The quantitative estimate of drug-likeness (QED) is 0.826. The van der Waals surface area contributed by atoms with E-state index in [1.807, 2.05) is 0 Å². The Bertz CT molecular complexity index is 330. The van der Waals surface area contributed by atoms with Crippen molar-refractivity contribution in [2.24, 2.45) is 5.92 Å². The van der Waals surface area contributed by atoms with E-state index in [1.165, 1.54) is 32.1 Å². The second-order valence-corrected chi connectivity index (χ2v) is 7.76. The predicted molar refractivity (Wildman–Crippen MR) is 69.4 cm³/mol. The molecule has 1 aliphatic heterocycles. The van der Waals surface area contributed by atoms with E-state index in [0.29, 0.717) is 12.5 Å². The minimum absolute atomic E-state index is 0.198. The van der Waals surface area contributed by atoms with Crippen molar-refractivity contribution in [3.05, 3.63) is 0 Å². The molecule has 5 heteroatoms. The third-order valence-corrected chi connectivity index (χ3v) is 6.37. The van der Waals surface area contributed by atoms with Crippen molar-refractivity contribution in [1.82, 2.24) is 9.62 Å². The Hall–Kier alpha value is -0.130. The molecule has 0 aromatic carbocycles. The maximum absolute atomic E-state index is 12.3. The SMILES string of the molecule is CN(CC1CCCCC1)S(=O)(=O)C1CCNC1. The summed E-state index contributed by atoms with van der Waals surface area (Å²) in [5.74, 6) is 0.581. The van der Waals surface area contributed by atoms with Gasteiger partial charge in [-0.15, -0.1) is 0 Å². The van der Waals surface area contributed by atoms with Gasteiger partial charge in [0.25, 0.3) is 0 Å². The van der Waals surface area contributed by atoms with E-state index in [4.69, 9.17) is 0 Å². The third kappa shape index (κ3) is 3.20. The first-order chi connectivity index (χ1) is 8.10. The molecule has 1 N–H and O–H groups in total. The Balaban J connectivity index is 1.91. The molecule has 2 fully saturated rings. The van der Waals surface area contributed by atoms with Crippen LogP contribution in [0.15, 0.2) is 0 Å². The van der Waals surface area contributed by atoms with Crippen LogP contribution in [0.25, 0.3) is 0 Å². The van der Waals surface area contributed by atoms with Gasteiger partial charge in [-0.3, -0.25) is 0 Å². The molecule has 2 rings (SSSR count). The lowest BCUT2D eigenvalue weighted by Gasteiger charge is -2.28. The molecule has 17 heavy (non-hydrogen) atoms. The first-order valence-corrected chi connectivity index (χ1v) is 8.27. The number of sulfonamides is 1. The van der Waals surface area contributed by atoms with Crippen LogP contribution in [0, 0.1) is 5.92 Å². The van der Waals surface area contributed by atoms with Gasteiger partial charge in [0.05, 0.1) is 5.25 Å². The maximum atomic E-state index is 12.3. The van der Waals surface area contributed by atoms with Crippen molar-refractivity contribution in [2.75, 3.05) is 26.7 Å². The minimum atomic E-state index is -3.07. The van der Waals surface area contributed by atoms with Crippen LogP contribution in [0.5, 0.6) is 0 Å². The predicted octanol–water partition coefficient (Wildman–Crippen LogP) is 1.19. The van der Waals surface area contributed by atoms with Gasteiger partial charge >= 0.3 is 0 Å². The zero-order valence-electron chi connectivity index (χ0n) is 10.7. The highest BCUT2D eigenvalue weighted by molar-refractivity contribution is 7.89. The molecule has 1 heterocycles. The normalized spacial score (nSPS) is 27.8. The fourth-order valence-corrected chi connectivity index (χ4v) is 4.65. The highest BCUT2D eigenvalue weighted by Crippen LogP contribution is 2.25. The van der Waals surface area contributed by atoms with E-state index in [9.17, 15) is 8.42 Å². The van der Waals surface area contributed by atoms with E-state index in [0.717, 1.165) is 19.5 Å². The van der Waals surface area contributed by atoms with Gasteiger partial charge < -0.3 is 5.32 Å². The molecule has 0 spiro atoms. The van der Waals surface area contributed by atoms with Gasteiger partial charge in [-0.2, -0.15) is 0 Å². The number of rotatable bonds is 4. The molecule has 0 aromatic heterocycles. The van der Waals surface area contributed by atoms with Gasteiger partial charge in [0.1, 0.15) is 0 Å². The van der Waals surface area contributed by atoms with Crippen molar-refractivity contribution >= 4 is 10.0 Å². The van der Waals surface area contributed by atoms with Gasteiger partial charge in [0.15, 0.2) is 0 Å². The molecule has 4 nitrogen and oxygen atoms in total. The maximum Gasteiger partial charge on any atom is 0.218 e. The molecule has 0 aromatic rings. The highest BCUT2D eigenvalue weighted by Gasteiger charge is 2.33. The van der Waals surface area contributed by atoms with E-state index in [-0.39, 0.29) is 5.25 Å². The van der Waals surface area contributed by atoms with Crippen LogP contribution in [0.2, 0.25) is 0 Å². The summed E-state index contributed by atoms with van der Waals surface area (Å²) in [6.45, 7) is 2.18. The lowest BCUT2D eigenvalue weighted by Crippen LogP contribution is -2.40. The van der Waals surface area contributed by atoms with E-state index >= 15 is 0 Å². The van der Waals surface area contributed by atoms with Crippen LogP contribution < -0.4 is 5.32 Å². The van der Waals surface area contributed by atoms with Crippen molar-refractivity contribution in [3.8, 4) is 0 Å². The Morgan fingerprint density at radius 3 is 2.47 bits per heavy atom. The molecule has 2 aliphatic rings. The van der Waals surface area contributed by atoms with Crippen LogP contribution >= 0.6 is 0 Å². The summed E-state index contributed by atoms with van der Waals surface area (Å²) in [7, 11) is -1.32. The van der Waals surface area contributed by atoms with Crippen molar-refractivity contribution in [3.63, 3.8) is 0 Å². The zero-order valence-corrected chi connectivity index (χ0v) is 11.5. The number of hydrogen-bond acceptors (Lipinski definition) is 3. The summed E-state index contributed by atoms with van der Waals surface area (Å²) in [5.41, 5.74) is 0. The summed E-state index contributed by atoms with van der Waals surface area (Å²) in [6, 6.07) is 0. The second kappa shape index (κ2) is 5.67. The fraction of sp³-hybridized carbons (Fsp3) is 1.00. The van der Waals surface area contributed by atoms with E-state index < -0.39 is 10.0 Å². The van der Waals surface area contributed by atoms with Gasteiger partial charge in [-0.05, 0) is 31.7 Å². The number of nitrogens with one attached hydrogen (secondary N) is 1. The lowest BCUT2D eigenvalue weighted by atomic mass is 9.89. The summed E-state index contributed by atoms with van der Waals surface area (Å²) in [6.07, 6.45) is 7.01. The van der Waals surface area contributed by atoms with Crippen molar-refractivity contribution in [1.29, 1.82) is 0 Å². The van der Waals surface area contributed by atoms with Crippen molar-refractivity contribution in [2.45, 2.75) is 43.8 Å². The average molecular weight is 260 g/mol. The molecule has 1 unspecified atom stereocenters. The van der Waals surface area contributed by atoms with Crippen LogP contribution in [-0.2, 0) is 10.0 Å². The Labute approximate surface area is 105 Å². The van der Waals surface area contributed by atoms with Crippen LogP contribution in [0.1, 0.15) is 38.5 Å². The van der Waals surface area contributed by atoms with Crippen LogP contribution in [0.4, 0.5) is 0 Å². The third-order valence-electron chi connectivity index (χ3n) is 4.11. The largest absolute Gasteiger partial charge is 0.315 e. The number of nitrogens with zero attached hydrogens (tertiary/aromatic N) is 1. The second-order valence-electron chi connectivity index (χ2n) is 5.44. The topological polar surface area (TPSA) is 49.4 Å². The molecule has 1 saturated heterocycles. The first kappa shape index (κ1) is 13.3. The zero-order chi connectivity index (χ0) is 12.3. The van der Waals surface area contributed by atoms with E-state index in [1.54, 1.807) is 11.4 Å². The van der Waals surface area contributed by atoms with Crippen LogP contribution in [-0.4, -0.2) is 44.7 Å². The summed E-state index contributed by atoms with van der Waals surface area (Å²) in [4.78, 5) is 0. The standard InChI is InChI=1S/C12H24N2O2S/c1-14(10-11-5-3-2-4-6-11)17(15,16)12-7-8-13-9-12/h11-13H,2-10H2,1H3. The molecule has 1 saturated carbocycles. The van der Waals surface area contributed by atoms with Gasteiger partial charge in [-0.25, -0.2) is 12.7 Å². The van der Waals surface area contributed by atoms with Gasteiger partial charge in [0.2, 0.25) is 10.0 Å². The molecule has 0 bridgehead atoms. The monoisotopic (exact) mass is 260 g/mol. The summed E-state index contributed by atoms with van der Waals surface area (Å²) < 4.78 is 26.2. The highest BCUT2D eigenvalue weighted by atomic mass is 32.2. The smallest absolute Gasteiger partial charge is 0.218 e. The fourth-order valence-electron chi connectivity index (χ4n) is 2.97. The molecule has 0 amide bonds. The minimum Gasteiger partial charge on any atom is -0.315 e. The Morgan fingerprint density at radius 1 is 1.18 bits per heavy atom. The molecular weight excluding hydrogens is 236 g/mol. The van der Waals surface area contributed by atoms with Gasteiger partial charge in [-0.1, -0.05) is 19.3 Å². The summed E-state index contributed by atoms with van der Waals surface area (Å²) >= 11 is 0. The molecule has 100 valence electrons. The molecule has 1 atom stereocenters. The van der Waals surface area contributed by atoms with Crippen molar-refractivity contribution < 1.29 is 8.42 Å². The number of hydrogen-bond donors (Lipinski definition) is 1. The lowest BCUT2D eigenvalue weighted by molar-refractivity contribution is 0.298. The van der Waals surface area contributed by atoms with Crippen LogP contribution in [0.3, 0.4) is 0 Å². The Morgan fingerprint density at radius 2 is 1.88 bits per heavy atom. The molecule has 1 aliphatic carbocycles. The Kier molecular flexibility index (Phi) is 4.44. The molecule has 0 radical (unpaired) electrons.